The lowest BCUT2D eigenvalue weighted by molar-refractivity contribution is 0.0678. The molecule has 0 spiro atoms. The minimum Gasteiger partial charge on any atom is -0.294 e. The number of halogens is 2. The number of ketones is 1. The van der Waals surface area contributed by atoms with E-state index in [4.69, 9.17) is 0 Å². The third kappa shape index (κ3) is 3.23. The highest BCUT2D eigenvalue weighted by atomic mass is 19.2. The number of rotatable bonds is 4. The Morgan fingerprint density at radius 2 is 1.64 bits per heavy atom. The van der Waals surface area contributed by atoms with Gasteiger partial charge in [0.15, 0.2) is 17.4 Å². The maximum absolute atomic E-state index is 13.4. The van der Waals surface area contributed by atoms with Gasteiger partial charge < -0.3 is 0 Å². The van der Waals surface area contributed by atoms with Crippen molar-refractivity contribution in [3.8, 4) is 0 Å². The van der Waals surface area contributed by atoms with Crippen LogP contribution in [0.4, 0.5) is 8.78 Å². The van der Waals surface area contributed by atoms with Crippen molar-refractivity contribution in [2.75, 3.05) is 0 Å². The Morgan fingerprint density at radius 3 is 2.28 bits per heavy atom. The Kier molecular flexibility index (Phi) is 4.38. The fraction of sp³-hybridized carbons (Fsp3) is 0.381. The minimum absolute atomic E-state index is 0.0461. The molecular weight excluding hydrogens is 320 g/mol. The Hall–Kier alpha value is -2.07. The van der Waals surface area contributed by atoms with Crippen LogP contribution in [0.2, 0.25) is 0 Å². The van der Waals surface area contributed by atoms with E-state index in [0.29, 0.717) is 17.6 Å². The molecule has 2 aliphatic heterocycles. The molecule has 2 atom stereocenters. The zero-order valence-corrected chi connectivity index (χ0v) is 14.0. The van der Waals surface area contributed by atoms with Gasteiger partial charge in [-0.2, -0.15) is 0 Å². The molecule has 2 aliphatic rings. The maximum Gasteiger partial charge on any atom is 0.166 e. The van der Waals surface area contributed by atoms with E-state index in [0.717, 1.165) is 44.4 Å². The van der Waals surface area contributed by atoms with Gasteiger partial charge in [-0.1, -0.05) is 30.3 Å². The average Bonchev–Trinajstić information content (AvgIpc) is 2.86. The van der Waals surface area contributed by atoms with Crippen molar-refractivity contribution in [1.29, 1.82) is 0 Å². The molecule has 0 aliphatic carbocycles. The predicted molar refractivity (Wildman–Crippen MR) is 92.2 cm³/mol. The summed E-state index contributed by atoms with van der Waals surface area (Å²) in [6, 6.07) is 14.7. The van der Waals surface area contributed by atoms with E-state index in [9.17, 15) is 13.6 Å². The number of nitrogens with zero attached hydrogens (tertiary/aromatic N) is 1. The summed E-state index contributed by atoms with van der Waals surface area (Å²) in [6.45, 7) is 0.919. The van der Waals surface area contributed by atoms with Crippen LogP contribution in [0.1, 0.15) is 41.6 Å². The van der Waals surface area contributed by atoms with Gasteiger partial charge in [0.05, 0.1) is 0 Å². The lowest BCUT2D eigenvalue weighted by atomic mass is 9.84. The second-order valence-electron chi connectivity index (χ2n) is 7.20. The molecule has 2 aromatic carbocycles. The molecule has 4 heteroatoms. The molecule has 0 aromatic heterocycles. The first-order valence-corrected chi connectivity index (χ1v) is 8.91. The lowest BCUT2D eigenvalue weighted by Gasteiger charge is -2.38. The van der Waals surface area contributed by atoms with E-state index < -0.39 is 11.6 Å². The second kappa shape index (κ2) is 6.68. The standard InChI is InChI=1S/C21H21F2NO/c22-19-9-6-15(12-20(19)23)21(25)16-10-17-7-8-18(11-16)24(17)13-14-4-2-1-3-5-14/h1-6,9,12,16-18H,7-8,10-11,13H2. The van der Waals surface area contributed by atoms with Gasteiger partial charge in [-0.15, -0.1) is 0 Å². The molecule has 25 heavy (non-hydrogen) atoms. The summed E-state index contributed by atoms with van der Waals surface area (Å²) in [5, 5.41) is 0. The van der Waals surface area contributed by atoms with Crippen LogP contribution in [-0.4, -0.2) is 22.8 Å². The van der Waals surface area contributed by atoms with Gasteiger partial charge in [-0.05, 0) is 49.4 Å². The van der Waals surface area contributed by atoms with E-state index in [-0.39, 0.29) is 11.7 Å². The number of piperidine rings is 1. The molecule has 130 valence electrons. The zero-order valence-electron chi connectivity index (χ0n) is 14.0. The van der Waals surface area contributed by atoms with E-state index >= 15 is 0 Å². The topological polar surface area (TPSA) is 20.3 Å². The van der Waals surface area contributed by atoms with E-state index in [2.05, 4.69) is 29.2 Å². The molecule has 0 amide bonds. The molecular formula is C21H21F2NO. The monoisotopic (exact) mass is 341 g/mol. The van der Waals surface area contributed by atoms with Crippen molar-refractivity contribution in [2.24, 2.45) is 5.92 Å². The van der Waals surface area contributed by atoms with Gasteiger partial charge >= 0.3 is 0 Å². The first-order valence-electron chi connectivity index (χ1n) is 8.91. The van der Waals surface area contributed by atoms with Gasteiger partial charge in [-0.3, -0.25) is 9.69 Å². The average molecular weight is 341 g/mol. The van der Waals surface area contributed by atoms with Crippen LogP contribution in [0.15, 0.2) is 48.5 Å². The number of carbonyl (C=O) groups excluding carboxylic acids is 1. The Morgan fingerprint density at radius 1 is 0.960 bits per heavy atom. The molecule has 2 nitrogen and oxygen atoms in total. The number of Topliss-reactive ketones (excluding diaryl/α,β-unsaturated/α-hetero) is 1. The van der Waals surface area contributed by atoms with Gasteiger partial charge in [0.2, 0.25) is 0 Å². The van der Waals surface area contributed by atoms with Gasteiger partial charge in [0.25, 0.3) is 0 Å². The lowest BCUT2D eigenvalue weighted by Crippen LogP contribution is -2.44. The van der Waals surface area contributed by atoms with Crippen LogP contribution in [-0.2, 0) is 6.54 Å². The third-order valence-corrected chi connectivity index (χ3v) is 5.67. The van der Waals surface area contributed by atoms with Crippen molar-refractivity contribution in [3.05, 3.63) is 71.3 Å². The molecule has 2 saturated heterocycles. The Bertz CT molecular complexity index is 763. The van der Waals surface area contributed by atoms with Crippen LogP contribution >= 0.6 is 0 Å². The van der Waals surface area contributed by atoms with Gasteiger partial charge in [-0.25, -0.2) is 8.78 Å². The van der Waals surface area contributed by atoms with Gasteiger partial charge in [0.1, 0.15) is 0 Å². The summed E-state index contributed by atoms with van der Waals surface area (Å²) >= 11 is 0. The first kappa shape index (κ1) is 16.4. The largest absolute Gasteiger partial charge is 0.294 e. The summed E-state index contributed by atoms with van der Waals surface area (Å²) in [4.78, 5) is 15.3. The third-order valence-electron chi connectivity index (χ3n) is 5.67. The van der Waals surface area contributed by atoms with Crippen molar-refractivity contribution in [3.63, 3.8) is 0 Å². The highest BCUT2D eigenvalue weighted by Gasteiger charge is 2.42. The first-order chi connectivity index (χ1) is 12.1. The second-order valence-corrected chi connectivity index (χ2v) is 7.20. The summed E-state index contributed by atoms with van der Waals surface area (Å²) < 4.78 is 26.5. The van der Waals surface area contributed by atoms with Crippen molar-refractivity contribution < 1.29 is 13.6 Å². The molecule has 2 fully saturated rings. The van der Waals surface area contributed by atoms with Crippen LogP contribution in [0.25, 0.3) is 0 Å². The van der Waals surface area contributed by atoms with Crippen LogP contribution in [0, 0.1) is 17.6 Å². The number of hydrogen-bond donors (Lipinski definition) is 0. The zero-order chi connectivity index (χ0) is 17.4. The predicted octanol–water partition coefficient (Wildman–Crippen LogP) is 4.59. The maximum atomic E-state index is 13.4. The molecule has 0 radical (unpaired) electrons. The van der Waals surface area contributed by atoms with E-state index in [1.54, 1.807) is 0 Å². The molecule has 2 bridgehead atoms. The molecule has 2 aromatic rings. The number of fused-ring (bicyclic) bond motifs is 2. The number of carbonyl (C=O) groups is 1. The summed E-state index contributed by atoms with van der Waals surface area (Å²) in [7, 11) is 0. The molecule has 2 unspecified atom stereocenters. The van der Waals surface area contributed by atoms with Crippen molar-refractivity contribution in [1.82, 2.24) is 4.90 Å². The van der Waals surface area contributed by atoms with Crippen molar-refractivity contribution >= 4 is 5.78 Å². The van der Waals surface area contributed by atoms with E-state index in [1.165, 1.54) is 11.6 Å². The SMILES string of the molecule is O=C(c1ccc(F)c(F)c1)C1CC2CCC(C1)N2Cc1ccccc1. The van der Waals surface area contributed by atoms with Crippen LogP contribution < -0.4 is 0 Å². The van der Waals surface area contributed by atoms with Gasteiger partial charge in [0, 0.05) is 30.1 Å². The quantitative estimate of drug-likeness (QED) is 0.758. The van der Waals surface area contributed by atoms with Crippen LogP contribution in [0.3, 0.4) is 0 Å². The van der Waals surface area contributed by atoms with Crippen molar-refractivity contribution in [2.45, 2.75) is 44.3 Å². The molecule has 2 heterocycles. The summed E-state index contributed by atoms with van der Waals surface area (Å²) in [5.41, 5.74) is 1.59. The van der Waals surface area contributed by atoms with E-state index in [1.807, 2.05) is 6.07 Å². The summed E-state index contributed by atoms with van der Waals surface area (Å²) in [5.74, 6) is -1.99. The Balaban J connectivity index is 1.47. The fourth-order valence-corrected chi connectivity index (χ4v) is 4.43. The highest BCUT2D eigenvalue weighted by Crippen LogP contribution is 2.40. The molecule has 0 saturated carbocycles. The number of benzene rings is 2. The number of hydrogen-bond acceptors (Lipinski definition) is 2. The molecule has 0 N–H and O–H groups in total. The van der Waals surface area contributed by atoms with Crippen LogP contribution in [0.5, 0.6) is 0 Å². The normalized spacial score (nSPS) is 25.9. The summed E-state index contributed by atoms with van der Waals surface area (Å²) in [6.07, 6.45) is 3.83. The highest BCUT2D eigenvalue weighted by molar-refractivity contribution is 5.98. The Labute approximate surface area is 146 Å². The smallest absolute Gasteiger partial charge is 0.166 e. The fourth-order valence-electron chi connectivity index (χ4n) is 4.43. The molecule has 4 rings (SSSR count). The minimum atomic E-state index is -0.949.